The summed E-state index contributed by atoms with van der Waals surface area (Å²) in [6, 6.07) is 0. The van der Waals surface area contributed by atoms with Crippen LogP contribution in [-0.4, -0.2) is 20.9 Å². The third-order valence-corrected chi connectivity index (χ3v) is 5.37. The Kier molecular flexibility index (Phi) is 6.02. The zero-order valence-electron chi connectivity index (χ0n) is 11.1. The van der Waals surface area contributed by atoms with Crippen LogP contribution < -0.4 is 0 Å². The van der Waals surface area contributed by atoms with Crippen LogP contribution in [0, 0.1) is 11.8 Å². The van der Waals surface area contributed by atoms with E-state index in [-0.39, 0.29) is 0 Å². The molecule has 3 heteroatoms. The molecule has 2 fully saturated rings. The van der Waals surface area contributed by atoms with Crippen molar-refractivity contribution in [2.75, 3.05) is 0 Å². The number of hydrogen-bond donors (Lipinski definition) is 1. The van der Waals surface area contributed by atoms with Crippen LogP contribution in [0.3, 0.4) is 0 Å². The fourth-order valence-electron chi connectivity index (χ4n) is 3.79. The maximum Gasteiger partial charge on any atom is 0.302 e. The lowest BCUT2D eigenvalue weighted by atomic mass is 9.93. The van der Waals surface area contributed by atoms with E-state index in [9.17, 15) is 0 Å². The van der Waals surface area contributed by atoms with E-state index in [1.54, 1.807) is 0 Å². The lowest BCUT2D eigenvalue weighted by molar-refractivity contribution is 0.110. The molecule has 0 aliphatic heterocycles. The van der Waals surface area contributed by atoms with Gasteiger partial charge in [0, 0.05) is 6.10 Å². The highest BCUT2D eigenvalue weighted by molar-refractivity contribution is 6.15. The molecule has 0 aromatic rings. The smallest absolute Gasteiger partial charge is 0.302 e. The van der Waals surface area contributed by atoms with E-state index in [1.807, 2.05) is 0 Å². The van der Waals surface area contributed by atoms with Crippen LogP contribution in [0.5, 0.6) is 0 Å². The van der Waals surface area contributed by atoms with Gasteiger partial charge in [-0.05, 0) is 31.1 Å². The van der Waals surface area contributed by atoms with Crippen molar-refractivity contribution in [3.05, 3.63) is 0 Å². The van der Waals surface area contributed by atoms with Gasteiger partial charge in [-0.1, -0.05) is 51.4 Å². The van der Waals surface area contributed by atoms with Gasteiger partial charge in [-0.3, -0.25) is 0 Å². The van der Waals surface area contributed by atoms with Crippen molar-refractivity contribution in [1.29, 1.82) is 0 Å². The Morgan fingerprint density at radius 3 is 2.35 bits per heavy atom. The molecule has 0 spiro atoms. The average molecular weight is 256 g/mol. The average Bonchev–Trinajstić information content (AvgIpc) is 3.01. The van der Waals surface area contributed by atoms with Gasteiger partial charge in [0.2, 0.25) is 0 Å². The van der Waals surface area contributed by atoms with Gasteiger partial charge in [-0.25, -0.2) is 0 Å². The summed E-state index contributed by atoms with van der Waals surface area (Å²) in [5.41, 5.74) is 0. The summed E-state index contributed by atoms with van der Waals surface area (Å²) in [6.45, 7) is 0. The lowest BCUT2D eigenvalue weighted by Gasteiger charge is -2.23. The fraction of sp³-hybridized carbons (Fsp3) is 1.00. The highest BCUT2D eigenvalue weighted by Crippen LogP contribution is 2.33. The third-order valence-electron chi connectivity index (χ3n) is 4.79. The SMILES string of the molecule is O[SiH2]OC(CCCC1CCCC1)C1CCCC1. The van der Waals surface area contributed by atoms with Gasteiger partial charge in [0.25, 0.3) is 0 Å². The molecule has 17 heavy (non-hydrogen) atoms. The van der Waals surface area contributed by atoms with Gasteiger partial charge in [0.1, 0.15) is 0 Å². The molecule has 2 aliphatic carbocycles. The molecule has 0 saturated heterocycles. The minimum absolute atomic E-state index is 0.399. The van der Waals surface area contributed by atoms with Crippen molar-refractivity contribution in [1.82, 2.24) is 0 Å². The van der Waals surface area contributed by atoms with Crippen LogP contribution >= 0.6 is 0 Å². The monoisotopic (exact) mass is 256 g/mol. The molecule has 1 atom stereocenters. The molecule has 0 bridgehead atoms. The molecule has 0 aromatic heterocycles. The first-order valence-corrected chi connectivity index (χ1v) is 8.83. The Hall–Kier alpha value is 0.137. The molecular formula is C14H28O2Si. The first kappa shape index (κ1) is 13.6. The van der Waals surface area contributed by atoms with Crippen molar-refractivity contribution in [3.8, 4) is 0 Å². The summed E-state index contributed by atoms with van der Waals surface area (Å²) in [5, 5.41) is 0. The molecule has 0 amide bonds. The Balaban J connectivity index is 1.65. The predicted octanol–water partition coefficient (Wildman–Crippen LogP) is 2.91. The van der Waals surface area contributed by atoms with E-state index in [4.69, 9.17) is 9.22 Å². The molecule has 2 saturated carbocycles. The second kappa shape index (κ2) is 7.55. The van der Waals surface area contributed by atoms with Crippen molar-refractivity contribution in [2.24, 2.45) is 11.8 Å². The summed E-state index contributed by atoms with van der Waals surface area (Å²) in [6.07, 6.45) is 15.6. The second-order valence-electron chi connectivity index (χ2n) is 5.96. The van der Waals surface area contributed by atoms with Gasteiger partial charge < -0.3 is 9.22 Å². The summed E-state index contributed by atoms with van der Waals surface area (Å²) in [7, 11) is -1.21. The normalized spacial score (nSPS) is 25.2. The van der Waals surface area contributed by atoms with Gasteiger partial charge in [0.15, 0.2) is 0 Å². The Bertz CT molecular complexity index is 198. The van der Waals surface area contributed by atoms with Crippen LogP contribution in [0.25, 0.3) is 0 Å². The zero-order chi connectivity index (χ0) is 11.9. The zero-order valence-corrected chi connectivity index (χ0v) is 12.5. The minimum atomic E-state index is -1.21. The van der Waals surface area contributed by atoms with E-state index < -0.39 is 10.0 Å². The van der Waals surface area contributed by atoms with Crippen molar-refractivity contribution in [2.45, 2.75) is 76.7 Å². The van der Waals surface area contributed by atoms with Gasteiger partial charge in [-0.15, -0.1) is 0 Å². The van der Waals surface area contributed by atoms with Crippen LogP contribution in [0.4, 0.5) is 0 Å². The lowest BCUT2D eigenvalue weighted by Crippen LogP contribution is -2.24. The summed E-state index contributed by atoms with van der Waals surface area (Å²) in [5.74, 6) is 1.77. The third kappa shape index (κ3) is 4.38. The maximum absolute atomic E-state index is 9.12. The Morgan fingerprint density at radius 2 is 1.71 bits per heavy atom. The Labute approximate surface area is 108 Å². The maximum atomic E-state index is 9.12. The molecule has 0 heterocycles. The van der Waals surface area contributed by atoms with Crippen molar-refractivity contribution < 1.29 is 9.22 Å². The molecule has 2 nitrogen and oxygen atoms in total. The van der Waals surface area contributed by atoms with E-state index in [2.05, 4.69) is 0 Å². The molecule has 0 aromatic carbocycles. The molecule has 2 aliphatic rings. The molecule has 2 rings (SSSR count). The topological polar surface area (TPSA) is 29.5 Å². The van der Waals surface area contributed by atoms with E-state index in [1.165, 1.54) is 70.6 Å². The van der Waals surface area contributed by atoms with Gasteiger partial charge in [-0.2, -0.15) is 0 Å². The van der Waals surface area contributed by atoms with Crippen molar-refractivity contribution >= 4 is 10.0 Å². The fourth-order valence-corrected chi connectivity index (χ4v) is 4.42. The highest BCUT2D eigenvalue weighted by atomic mass is 28.2. The first-order valence-electron chi connectivity index (χ1n) is 7.62. The predicted molar refractivity (Wildman–Crippen MR) is 73.4 cm³/mol. The van der Waals surface area contributed by atoms with Crippen LogP contribution in [0.1, 0.15) is 70.6 Å². The first-order chi connectivity index (χ1) is 8.40. The molecular weight excluding hydrogens is 228 g/mol. The highest BCUT2D eigenvalue weighted by Gasteiger charge is 2.25. The van der Waals surface area contributed by atoms with Gasteiger partial charge >= 0.3 is 10.0 Å². The molecule has 0 radical (unpaired) electrons. The van der Waals surface area contributed by atoms with E-state index in [0.717, 1.165) is 11.8 Å². The van der Waals surface area contributed by atoms with Crippen LogP contribution in [0.15, 0.2) is 0 Å². The largest absolute Gasteiger partial charge is 0.415 e. The van der Waals surface area contributed by atoms with Crippen LogP contribution in [-0.2, 0) is 4.43 Å². The second-order valence-corrected chi connectivity index (χ2v) is 6.55. The quantitative estimate of drug-likeness (QED) is 0.710. The molecule has 100 valence electrons. The molecule has 1 N–H and O–H groups in total. The van der Waals surface area contributed by atoms with Gasteiger partial charge in [0.05, 0.1) is 0 Å². The summed E-state index contributed by atoms with van der Waals surface area (Å²) in [4.78, 5) is 9.12. The summed E-state index contributed by atoms with van der Waals surface area (Å²) < 4.78 is 5.69. The van der Waals surface area contributed by atoms with Crippen LogP contribution in [0.2, 0.25) is 0 Å². The van der Waals surface area contributed by atoms with E-state index >= 15 is 0 Å². The number of hydrogen-bond acceptors (Lipinski definition) is 2. The Morgan fingerprint density at radius 1 is 1.06 bits per heavy atom. The number of rotatable bonds is 7. The van der Waals surface area contributed by atoms with E-state index in [0.29, 0.717) is 6.10 Å². The summed E-state index contributed by atoms with van der Waals surface area (Å²) >= 11 is 0. The standard InChI is InChI=1S/C14H28O2Si/c15-17-16-14(13-9-3-4-10-13)11-5-8-12-6-1-2-7-12/h12-15H,1-11,17H2. The molecule has 1 unspecified atom stereocenters. The van der Waals surface area contributed by atoms with Crippen molar-refractivity contribution in [3.63, 3.8) is 0 Å². The minimum Gasteiger partial charge on any atom is -0.415 e.